The van der Waals surface area contributed by atoms with E-state index in [1.807, 2.05) is 6.92 Å². The average molecular weight is 504 g/mol. The zero-order chi connectivity index (χ0) is 25.9. The van der Waals surface area contributed by atoms with Crippen LogP contribution in [0, 0.1) is 17.5 Å². The minimum atomic E-state index is -4.76. The van der Waals surface area contributed by atoms with E-state index in [0.717, 1.165) is 17.7 Å². The van der Waals surface area contributed by atoms with Crippen LogP contribution < -0.4 is 9.47 Å². The Labute approximate surface area is 204 Å². The molecule has 0 aliphatic heterocycles. The molecular weight excluding hydrogens is 482 g/mol. The lowest BCUT2D eigenvalue weighted by Gasteiger charge is -2.12. The number of benzene rings is 4. The summed E-state index contributed by atoms with van der Waals surface area (Å²) in [7, 11) is 0. The summed E-state index contributed by atoms with van der Waals surface area (Å²) in [6, 6.07) is 15.4. The van der Waals surface area contributed by atoms with Gasteiger partial charge in [-0.25, -0.2) is 13.2 Å². The van der Waals surface area contributed by atoms with E-state index in [2.05, 4.69) is 4.74 Å². The molecule has 4 aromatic rings. The summed E-state index contributed by atoms with van der Waals surface area (Å²) in [6.45, 7) is 2.22. The molecule has 4 aromatic carbocycles. The van der Waals surface area contributed by atoms with Crippen LogP contribution in [-0.4, -0.2) is 13.0 Å². The second kappa shape index (κ2) is 10.5. The molecule has 0 saturated carbocycles. The highest BCUT2D eigenvalue weighted by molar-refractivity contribution is 5.88. The molecule has 0 radical (unpaired) electrons. The highest BCUT2D eigenvalue weighted by Gasteiger charge is 2.30. The summed E-state index contributed by atoms with van der Waals surface area (Å²) in [5, 5.41) is 0.779. The predicted octanol–water partition coefficient (Wildman–Crippen LogP) is 8.40. The van der Waals surface area contributed by atoms with Gasteiger partial charge in [0.05, 0.1) is 12.2 Å². The summed E-state index contributed by atoms with van der Waals surface area (Å²) in [6.07, 6.45) is -3.35. The Morgan fingerprint density at radius 1 is 0.750 bits per heavy atom. The minimum Gasteiger partial charge on any atom is -0.493 e. The molecule has 0 N–H and O–H groups in total. The van der Waals surface area contributed by atoms with Gasteiger partial charge >= 0.3 is 6.36 Å². The fraction of sp³-hybridized carbons (Fsp3) is 0.214. The number of halogens is 6. The van der Waals surface area contributed by atoms with Gasteiger partial charge in [0.15, 0.2) is 0 Å². The number of aryl methyl sites for hydroxylation is 2. The van der Waals surface area contributed by atoms with Crippen molar-refractivity contribution in [3.05, 3.63) is 95.3 Å². The maximum absolute atomic E-state index is 15.2. The van der Waals surface area contributed by atoms with Gasteiger partial charge in [-0.3, -0.25) is 0 Å². The van der Waals surface area contributed by atoms with Crippen LogP contribution in [0.2, 0.25) is 0 Å². The van der Waals surface area contributed by atoms with Gasteiger partial charge in [0, 0.05) is 17.5 Å². The maximum Gasteiger partial charge on any atom is 0.573 e. The van der Waals surface area contributed by atoms with Crippen molar-refractivity contribution in [3.8, 4) is 22.6 Å². The maximum atomic E-state index is 15.2. The standard InChI is InChI=1S/C28H22F6O2/c1-2-13-35-22-15-24(29)26(25(30)16-22)20-9-12-23-19(14-20)8-7-18(27(23)31)6-3-17-4-10-21(11-5-17)36-28(32,33)34/h4-5,7-12,14-16H,2-3,6,13H2,1H3. The van der Waals surface area contributed by atoms with E-state index >= 15 is 4.39 Å². The van der Waals surface area contributed by atoms with Crippen LogP contribution in [0.15, 0.2) is 66.7 Å². The molecule has 0 amide bonds. The monoisotopic (exact) mass is 504 g/mol. The van der Waals surface area contributed by atoms with Crippen molar-refractivity contribution in [2.24, 2.45) is 0 Å². The Balaban J connectivity index is 1.53. The molecule has 0 aliphatic rings. The van der Waals surface area contributed by atoms with Crippen molar-refractivity contribution in [1.82, 2.24) is 0 Å². The average Bonchev–Trinajstić information content (AvgIpc) is 2.82. The minimum absolute atomic E-state index is 0.106. The predicted molar refractivity (Wildman–Crippen MR) is 126 cm³/mol. The molecule has 0 unspecified atom stereocenters. The van der Waals surface area contributed by atoms with Gasteiger partial charge in [-0.1, -0.05) is 43.3 Å². The van der Waals surface area contributed by atoms with E-state index in [-0.39, 0.29) is 22.6 Å². The number of hydrogen-bond acceptors (Lipinski definition) is 2. The van der Waals surface area contributed by atoms with Crippen LogP contribution in [0.1, 0.15) is 24.5 Å². The Morgan fingerprint density at radius 2 is 1.44 bits per heavy atom. The third kappa shape index (κ3) is 5.93. The van der Waals surface area contributed by atoms with Crippen molar-refractivity contribution in [3.63, 3.8) is 0 Å². The molecule has 0 bridgehead atoms. The van der Waals surface area contributed by atoms with Gasteiger partial charge in [-0.15, -0.1) is 13.2 Å². The molecule has 188 valence electrons. The Bertz CT molecular complexity index is 1340. The first-order valence-corrected chi connectivity index (χ1v) is 11.3. The largest absolute Gasteiger partial charge is 0.573 e. The molecule has 0 aromatic heterocycles. The van der Waals surface area contributed by atoms with Gasteiger partial charge in [0.1, 0.15) is 29.0 Å². The van der Waals surface area contributed by atoms with Crippen molar-refractivity contribution < 1.29 is 35.8 Å². The number of fused-ring (bicyclic) bond motifs is 1. The molecule has 0 heterocycles. The van der Waals surface area contributed by atoms with Gasteiger partial charge in [0.2, 0.25) is 0 Å². The number of alkyl halides is 3. The number of hydrogen-bond donors (Lipinski definition) is 0. The molecule has 0 fully saturated rings. The molecule has 0 atom stereocenters. The molecule has 8 heteroatoms. The Hall–Kier alpha value is -3.68. The third-order valence-corrected chi connectivity index (χ3v) is 5.65. The summed E-state index contributed by atoms with van der Waals surface area (Å²) < 4.78 is 90.6. The summed E-state index contributed by atoms with van der Waals surface area (Å²) >= 11 is 0. The topological polar surface area (TPSA) is 18.5 Å². The molecule has 2 nitrogen and oxygen atoms in total. The highest BCUT2D eigenvalue weighted by Crippen LogP contribution is 2.33. The van der Waals surface area contributed by atoms with Gasteiger partial charge in [0.25, 0.3) is 0 Å². The van der Waals surface area contributed by atoms with Crippen LogP contribution in [0.25, 0.3) is 21.9 Å². The zero-order valence-electron chi connectivity index (χ0n) is 19.3. The normalized spacial score (nSPS) is 11.6. The van der Waals surface area contributed by atoms with Crippen LogP contribution >= 0.6 is 0 Å². The highest BCUT2D eigenvalue weighted by atomic mass is 19.4. The lowest BCUT2D eigenvalue weighted by atomic mass is 9.96. The van der Waals surface area contributed by atoms with E-state index in [1.165, 1.54) is 42.5 Å². The van der Waals surface area contributed by atoms with Crippen LogP contribution in [0.3, 0.4) is 0 Å². The van der Waals surface area contributed by atoms with E-state index in [9.17, 15) is 22.0 Å². The molecule has 4 rings (SSSR count). The van der Waals surface area contributed by atoms with Crippen molar-refractivity contribution in [1.29, 1.82) is 0 Å². The summed E-state index contributed by atoms with van der Waals surface area (Å²) in [5.74, 6) is -2.22. The van der Waals surface area contributed by atoms with Gasteiger partial charge < -0.3 is 9.47 Å². The number of rotatable bonds is 8. The lowest BCUT2D eigenvalue weighted by Crippen LogP contribution is -2.17. The van der Waals surface area contributed by atoms with E-state index < -0.39 is 23.8 Å². The fourth-order valence-electron chi connectivity index (χ4n) is 3.95. The summed E-state index contributed by atoms with van der Waals surface area (Å²) in [4.78, 5) is 0. The molecule has 0 aliphatic carbocycles. The first-order valence-electron chi connectivity index (χ1n) is 11.3. The van der Waals surface area contributed by atoms with Crippen LogP contribution in [0.5, 0.6) is 11.5 Å². The Kier molecular flexibility index (Phi) is 7.43. The Morgan fingerprint density at radius 3 is 2.08 bits per heavy atom. The molecule has 0 saturated heterocycles. The van der Waals surface area contributed by atoms with Gasteiger partial charge in [-0.2, -0.15) is 0 Å². The molecular formula is C28H22F6O2. The van der Waals surface area contributed by atoms with Crippen molar-refractivity contribution in [2.45, 2.75) is 32.5 Å². The smallest absolute Gasteiger partial charge is 0.493 e. The fourth-order valence-corrected chi connectivity index (χ4v) is 3.95. The summed E-state index contributed by atoms with van der Waals surface area (Å²) in [5.41, 5.74) is 1.19. The quantitative estimate of drug-likeness (QED) is 0.224. The van der Waals surface area contributed by atoms with Crippen molar-refractivity contribution in [2.75, 3.05) is 6.61 Å². The SMILES string of the molecule is CCCOc1cc(F)c(-c2ccc3c(F)c(CCc4ccc(OC(F)(F)F)cc4)ccc3c2)c(F)c1. The van der Waals surface area contributed by atoms with E-state index in [1.54, 1.807) is 12.1 Å². The second-order valence-corrected chi connectivity index (χ2v) is 8.28. The first kappa shape index (κ1) is 25.4. The first-order chi connectivity index (χ1) is 17.1. The van der Waals surface area contributed by atoms with Crippen LogP contribution in [-0.2, 0) is 12.8 Å². The third-order valence-electron chi connectivity index (χ3n) is 5.65. The zero-order valence-corrected chi connectivity index (χ0v) is 19.3. The number of ether oxygens (including phenoxy) is 2. The van der Waals surface area contributed by atoms with E-state index in [4.69, 9.17) is 4.74 Å². The van der Waals surface area contributed by atoms with E-state index in [0.29, 0.717) is 42.2 Å². The molecule has 0 spiro atoms. The van der Waals surface area contributed by atoms with Crippen molar-refractivity contribution >= 4 is 10.8 Å². The second-order valence-electron chi connectivity index (χ2n) is 8.28. The lowest BCUT2D eigenvalue weighted by molar-refractivity contribution is -0.274. The van der Waals surface area contributed by atoms with Crippen LogP contribution in [0.4, 0.5) is 26.3 Å². The van der Waals surface area contributed by atoms with Gasteiger partial charge in [-0.05, 0) is 59.5 Å². The molecule has 36 heavy (non-hydrogen) atoms.